The first-order valence-corrected chi connectivity index (χ1v) is 15.4. The Balaban J connectivity index is 1.49. The molecule has 1 aliphatic heterocycles. The molecule has 3 heterocycles. The summed E-state index contributed by atoms with van der Waals surface area (Å²) >= 11 is 0. The van der Waals surface area contributed by atoms with E-state index >= 15 is 0 Å². The van der Waals surface area contributed by atoms with Crippen LogP contribution in [0.2, 0.25) is 0 Å². The number of carbonyl (C=O) groups excluding carboxylic acids is 1. The number of hydrogen-bond donors (Lipinski definition) is 2. The summed E-state index contributed by atoms with van der Waals surface area (Å²) in [6.07, 6.45) is 0.00251. The second-order valence-corrected chi connectivity index (χ2v) is 11.8. The number of nitrogens with zero attached hydrogens (tertiary/aromatic N) is 3. The summed E-state index contributed by atoms with van der Waals surface area (Å²) in [5, 5.41) is 12.3. The highest BCUT2D eigenvalue weighted by Crippen LogP contribution is 2.37. The third kappa shape index (κ3) is 7.33. The number of carboxylic acids is 1. The Labute approximate surface area is 253 Å². The number of carboxylic acid groups (broad SMARTS) is 1. The van der Waals surface area contributed by atoms with Gasteiger partial charge < -0.3 is 19.7 Å². The molecule has 1 amide bonds. The van der Waals surface area contributed by atoms with Gasteiger partial charge >= 0.3 is 12.1 Å². The zero-order chi connectivity index (χ0) is 31.3. The number of pyridine rings is 1. The van der Waals surface area contributed by atoms with Gasteiger partial charge in [-0.1, -0.05) is 30.3 Å². The van der Waals surface area contributed by atoms with Gasteiger partial charge in [0.2, 0.25) is 5.89 Å². The topological polar surface area (TPSA) is 126 Å². The maximum Gasteiger partial charge on any atom is 0.416 e. The summed E-state index contributed by atoms with van der Waals surface area (Å²) in [4.78, 5) is 36.6. The number of anilines is 1. The third-order valence-corrected chi connectivity index (χ3v) is 8.48. The number of piperidine rings is 1. The highest BCUT2D eigenvalue weighted by molar-refractivity contribution is 7.84. The second kappa shape index (κ2) is 13.4. The number of oxazole rings is 1. The van der Waals surface area contributed by atoms with E-state index in [0.717, 1.165) is 50.0 Å². The zero-order valence-corrected chi connectivity index (χ0v) is 24.2. The van der Waals surface area contributed by atoms with Gasteiger partial charge in [-0.2, -0.15) is 13.2 Å². The Bertz CT molecular complexity index is 1640. The maximum absolute atomic E-state index is 13.6. The normalized spacial score (nSPS) is 15.0. The molecule has 4 aromatic rings. The van der Waals surface area contributed by atoms with Crippen LogP contribution in [0, 0.1) is 0 Å². The van der Waals surface area contributed by atoms with E-state index in [0.29, 0.717) is 11.4 Å². The molecule has 13 heteroatoms. The zero-order valence-electron chi connectivity index (χ0n) is 23.4. The van der Waals surface area contributed by atoms with Crippen molar-refractivity contribution in [1.29, 1.82) is 0 Å². The first-order valence-electron chi connectivity index (χ1n) is 13.9. The molecule has 2 N–H and O–H groups in total. The molecule has 230 valence electrons. The molecule has 0 saturated carbocycles. The standard InChI is InChI=1S/C31H29F3N4O5S/c32-31(33,34)22-13-11-21(12-14-22)29-37-25(26(43-29)23-10-7-15-35-27(23)38-16-5-2-6-17-38)28(39)36-24(30(40)41)19-44(42)18-20-8-3-1-4-9-20/h1,3-4,7-15,24H,2,5-6,16-19H2,(H,36,39)(H,40,41)/t24-,44?/m0/s1. The number of benzene rings is 2. The van der Waals surface area contributed by atoms with Gasteiger partial charge in [0.15, 0.2) is 11.5 Å². The largest absolute Gasteiger partial charge is 0.480 e. The number of aromatic nitrogens is 2. The van der Waals surface area contributed by atoms with Crippen molar-refractivity contribution in [3.8, 4) is 22.8 Å². The lowest BCUT2D eigenvalue weighted by molar-refractivity contribution is -0.139. The number of nitrogens with one attached hydrogen (secondary N) is 1. The first kappa shape index (κ1) is 30.9. The number of halogens is 3. The van der Waals surface area contributed by atoms with Crippen molar-refractivity contribution in [2.24, 2.45) is 0 Å². The Morgan fingerprint density at radius 3 is 2.36 bits per heavy atom. The lowest BCUT2D eigenvalue weighted by atomic mass is 10.1. The van der Waals surface area contributed by atoms with Crippen LogP contribution in [0.25, 0.3) is 22.8 Å². The number of carbonyl (C=O) groups is 2. The number of hydrogen-bond acceptors (Lipinski definition) is 7. The van der Waals surface area contributed by atoms with E-state index < -0.39 is 40.5 Å². The van der Waals surface area contributed by atoms with E-state index in [1.807, 2.05) is 4.90 Å². The fourth-order valence-electron chi connectivity index (χ4n) is 4.92. The number of amides is 1. The second-order valence-electron chi connectivity index (χ2n) is 10.3. The van der Waals surface area contributed by atoms with E-state index in [2.05, 4.69) is 15.3 Å². The van der Waals surface area contributed by atoms with Crippen LogP contribution >= 0.6 is 0 Å². The van der Waals surface area contributed by atoms with E-state index in [1.54, 1.807) is 48.7 Å². The van der Waals surface area contributed by atoms with Crippen LogP contribution in [0.3, 0.4) is 0 Å². The Hall–Kier alpha value is -4.52. The third-order valence-electron chi connectivity index (χ3n) is 7.11. The molecule has 0 bridgehead atoms. The molecule has 0 spiro atoms. The molecule has 1 unspecified atom stereocenters. The molecule has 2 aromatic heterocycles. The van der Waals surface area contributed by atoms with Gasteiger partial charge in [-0.3, -0.25) is 9.00 Å². The summed E-state index contributed by atoms with van der Waals surface area (Å²) in [6, 6.07) is 14.8. The Morgan fingerprint density at radius 2 is 1.70 bits per heavy atom. The van der Waals surface area contributed by atoms with E-state index in [4.69, 9.17) is 4.42 Å². The van der Waals surface area contributed by atoms with Crippen molar-refractivity contribution in [2.45, 2.75) is 37.2 Å². The first-order chi connectivity index (χ1) is 21.1. The van der Waals surface area contributed by atoms with Crippen LogP contribution < -0.4 is 10.2 Å². The summed E-state index contributed by atoms with van der Waals surface area (Å²) in [5.41, 5.74) is 0.220. The van der Waals surface area contributed by atoms with Crippen LogP contribution in [0.15, 0.2) is 77.3 Å². The van der Waals surface area contributed by atoms with Crippen molar-refractivity contribution >= 4 is 28.5 Å². The number of rotatable bonds is 10. The smallest absolute Gasteiger partial charge is 0.416 e. The van der Waals surface area contributed by atoms with Crippen LogP contribution in [-0.2, 0) is 27.5 Å². The predicted octanol–water partition coefficient (Wildman–Crippen LogP) is 5.54. The minimum absolute atomic E-state index is 0.0133. The quantitative estimate of drug-likeness (QED) is 0.235. The molecule has 9 nitrogen and oxygen atoms in total. The fraction of sp³-hybridized carbons (Fsp3) is 0.290. The van der Waals surface area contributed by atoms with Gasteiger partial charge in [-0.05, 0) is 61.2 Å². The lowest BCUT2D eigenvalue weighted by Gasteiger charge is -2.29. The number of aliphatic carboxylic acids is 1. The molecule has 1 aliphatic rings. The highest BCUT2D eigenvalue weighted by Gasteiger charge is 2.32. The van der Waals surface area contributed by atoms with E-state index in [1.165, 1.54) is 12.1 Å². The predicted molar refractivity (Wildman–Crippen MR) is 158 cm³/mol. The van der Waals surface area contributed by atoms with Crippen LogP contribution in [-0.4, -0.2) is 56.0 Å². The minimum atomic E-state index is -4.54. The molecule has 1 fully saturated rings. The summed E-state index contributed by atoms with van der Waals surface area (Å²) in [7, 11) is -1.63. The molecular formula is C31H29F3N4O5S. The van der Waals surface area contributed by atoms with Gasteiger partial charge in [-0.15, -0.1) is 0 Å². The summed E-state index contributed by atoms with van der Waals surface area (Å²) in [5.74, 6) is -2.16. The molecule has 0 aliphatic carbocycles. The molecule has 2 aromatic carbocycles. The minimum Gasteiger partial charge on any atom is -0.480 e. The van der Waals surface area contributed by atoms with Gasteiger partial charge in [0, 0.05) is 41.4 Å². The van der Waals surface area contributed by atoms with E-state index in [-0.39, 0.29) is 34.4 Å². The molecular weight excluding hydrogens is 597 g/mol. The monoisotopic (exact) mass is 626 g/mol. The van der Waals surface area contributed by atoms with Gasteiger partial charge in [0.05, 0.1) is 16.9 Å². The van der Waals surface area contributed by atoms with Crippen molar-refractivity contribution in [2.75, 3.05) is 23.7 Å². The van der Waals surface area contributed by atoms with Crippen molar-refractivity contribution in [3.05, 3.63) is 89.7 Å². The van der Waals surface area contributed by atoms with Crippen molar-refractivity contribution in [1.82, 2.24) is 15.3 Å². The fourth-order valence-corrected chi connectivity index (χ4v) is 6.20. The average molecular weight is 627 g/mol. The Morgan fingerprint density at radius 1 is 1.00 bits per heavy atom. The SMILES string of the molecule is O=C(N[C@@H](CS(=O)Cc1ccccc1)C(=O)O)c1nc(-c2ccc(C(F)(F)F)cc2)oc1-c1cccnc1N1CCCCC1. The van der Waals surface area contributed by atoms with Crippen molar-refractivity contribution in [3.63, 3.8) is 0 Å². The van der Waals surface area contributed by atoms with Gasteiger partial charge in [0.1, 0.15) is 11.9 Å². The number of alkyl halides is 3. The van der Waals surface area contributed by atoms with Gasteiger partial charge in [0.25, 0.3) is 5.91 Å². The molecule has 5 rings (SSSR count). The molecule has 44 heavy (non-hydrogen) atoms. The van der Waals surface area contributed by atoms with Crippen molar-refractivity contribution < 1.29 is 36.5 Å². The van der Waals surface area contributed by atoms with E-state index in [9.17, 15) is 32.1 Å². The Kier molecular flexibility index (Phi) is 9.43. The molecule has 2 atom stereocenters. The maximum atomic E-state index is 13.6. The highest BCUT2D eigenvalue weighted by atomic mass is 32.2. The summed E-state index contributed by atoms with van der Waals surface area (Å²) < 4.78 is 58.3. The average Bonchev–Trinajstić information content (AvgIpc) is 3.47. The molecule has 1 saturated heterocycles. The van der Waals surface area contributed by atoms with Crippen LogP contribution in [0.5, 0.6) is 0 Å². The lowest BCUT2D eigenvalue weighted by Crippen LogP contribution is -2.44. The molecule has 0 radical (unpaired) electrons. The van der Waals surface area contributed by atoms with Crippen LogP contribution in [0.1, 0.15) is 40.9 Å². The van der Waals surface area contributed by atoms with Gasteiger partial charge in [-0.25, -0.2) is 14.8 Å². The summed E-state index contributed by atoms with van der Waals surface area (Å²) in [6.45, 7) is 1.44. The van der Waals surface area contributed by atoms with Crippen LogP contribution in [0.4, 0.5) is 19.0 Å².